The molecule has 0 amide bonds. The van der Waals surface area contributed by atoms with E-state index in [1.165, 1.54) is 18.7 Å². The van der Waals surface area contributed by atoms with E-state index in [-0.39, 0.29) is 6.10 Å². The van der Waals surface area contributed by atoms with Crippen LogP contribution in [0.15, 0.2) is 24.3 Å². The van der Waals surface area contributed by atoms with Gasteiger partial charge in [0.05, 0.1) is 11.8 Å². The average Bonchev–Trinajstić information content (AvgIpc) is 2.54. The minimum absolute atomic E-state index is 0.223. The van der Waals surface area contributed by atoms with Gasteiger partial charge in [-0.2, -0.15) is 0 Å². The van der Waals surface area contributed by atoms with E-state index in [9.17, 15) is 0 Å². The molecule has 18 heavy (non-hydrogen) atoms. The van der Waals surface area contributed by atoms with Crippen molar-refractivity contribution in [2.75, 3.05) is 38.1 Å². The van der Waals surface area contributed by atoms with Crippen LogP contribution >= 0.6 is 0 Å². The Morgan fingerprint density at radius 2 is 1.83 bits per heavy atom. The van der Waals surface area contributed by atoms with Crippen molar-refractivity contribution in [2.24, 2.45) is 0 Å². The molecule has 1 saturated heterocycles. The molecule has 0 aliphatic carbocycles. The Morgan fingerprint density at radius 3 is 2.61 bits per heavy atom. The predicted octanol–water partition coefficient (Wildman–Crippen LogP) is 2.62. The number of likely N-dealkylation sites (N-methyl/N-ethyl adjacent to an activating group) is 1. The summed E-state index contributed by atoms with van der Waals surface area (Å²) in [5.74, 6) is 1.01. The summed E-state index contributed by atoms with van der Waals surface area (Å²) < 4.78 is 5.91. The molecule has 100 valence electrons. The summed E-state index contributed by atoms with van der Waals surface area (Å²) in [5.41, 5.74) is 1.24. The highest BCUT2D eigenvalue weighted by molar-refractivity contribution is 5.58. The Balaban J connectivity index is 2.15. The van der Waals surface area contributed by atoms with Gasteiger partial charge in [0.1, 0.15) is 5.75 Å². The maximum atomic E-state index is 5.91. The Morgan fingerprint density at radius 1 is 1.06 bits per heavy atom. The largest absolute Gasteiger partial charge is 0.489 e. The third-order valence-corrected chi connectivity index (χ3v) is 3.29. The number of anilines is 1. The molecule has 1 aliphatic heterocycles. The van der Waals surface area contributed by atoms with E-state index < -0.39 is 0 Å². The maximum Gasteiger partial charge on any atom is 0.142 e. The Labute approximate surface area is 110 Å². The summed E-state index contributed by atoms with van der Waals surface area (Å²) in [5, 5.41) is 0. The third kappa shape index (κ3) is 3.39. The zero-order valence-corrected chi connectivity index (χ0v) is 11.7. The summed E-state index contributed by atoms with van der Waals surface area (Å²) in [6.07, 6.45) is 1.44. The van der Waals surface area contributed by atoms with E-state index in [1.807, 2.05) is 6.07 Å². The number of benzene rings is 1. The van der Waals surface area contributed by atoms with Crippen LogP contribution in [0.1, 0.15) is 20.3 Å². The number of hydrogen-bond donors (Lipinski definition) is 0. The minimum Gasteiger partial charge on any atom is -0.489 e. The molecule has 1 aliphatic rings. The number of nitrogens with zero attached hydrogens (tertiary/aromatic N) is 2. The molecule has 0 unspecified atom stereocenters. The highest BCUT2D eigenvalue weighted by atomic mass is 16.5. The molecule has 3 nitrogen and oxygen atoms in total. The SMILES string of the molecule is CC(C)Oc1ccccc1N1CCCN(C)CC1. The van der Waals surface area contributed by atoms with Crippen molar-refractivity contribution in [2.45, 2.75) is 26.4 Å². The summed E-state index contributed by atoms with van der Waals surface area (Å²) in [6, 6.07) is 8.38. The lowest BCUT2D eigenvalue weighted by Gasteiger charge is -2.26. The van der Waals surface area contributed by atoms with Crippen molar-refractivity contribution in [1.82, 2.24) is 4.90 Å². The molecule has 1 fully saturated rings. The minimum atomic E-state index is 0.223. The predicted molar refractivity (Wildman–Crippen MR) is 76.5 cm³/mol. The summed E-state index contributed by atoms with van der Waals surface area (Å²) >= 11 is 0. The number of rotatable bonds is 3. The van der Waals surface area contributed by atoms with Gasteiger partial charge >= 0.3 is 0 Å². The van der Waals surface area contributed by atoms with E-state index in [1.54, 1.807) is 0 Å². The number of para-hydroxylation sites is 2. The maximum absolute atomic E-state index is 5.91. The van der Waals surface area contributed by atoms with Gasteiger partial charge in [-0.05, 0) is 46.0 Å². The Hall–Kier alpha value is -1.22. The first-order valence-corrected chi connectivity index (χ1v) is 6.86. The van der Waals surface area contributed by atoms with Gasteiger partial charge in [0, 0.05) is 19.6 Å². The molecule has 0 radical (unpaired) electrons. The van der Waals surface area contributed by atoms with Gasteiger partial charge < -0.3 is 14.5 Å². The van der Waals surface area contributed by atoms with Gasteiger partial charge in [0.15, 0.2) is 0 Å². The van der Waals surface area contributed by atoms with E-state index in [0.29, 0.717) is 0 Å². The van der Waals surface area contributed by atoms with Crippen LogP contribution < -0.4 is 9.64 Å². The Kier molecular flexibility index (Phi) is 4.48. The molecule has 0 spiro atoms. The van der Waals surface area contributed by atoms with Crippen LogP contribution in [-0.2, 0) is 0 Å². The van der Waals surface area contributed by atoms with Crippen LogP contribution in [-0.4, -0.2) is 44.2 Å². The molecule has 1 heterocycles. The molecule has 0 aromatic heterocycles. The fourth-order valence-corrected chi connectivity index (χ4v) is 2.36. The molecule has 0 bridgehead atoms. The van der Waals surface area contributed by atoms with Crippen LogP contribution in [0.4, 0.5) is 5.69 Å². The van der Waals surface area contributed by atoms with E-state index in [4.69, 9.17) is 4.74 Å². The van der Waals surface area contributed by atoms with Gasteiger partial charge in [-0.25, -0.2) is 0 Å². The van der Waals surface area contributed by atoms with Crippen molar-refractivity contribution in [3.63, 3.8) is 0 Å². The lowest BCUT2D eigenvalue weighted by Crippen LogP contribution is -2.29. The molecule has 1 aromatic rings. The van der Waals surface area contributed by atoms with Crippen molar-refractivity contribution >= 4 is 5.69 Å². The fourth-order valence-electron chi connectivity index (χ4n) is 2.36. The fraction of sp³-hybridized carbons (Fsp3) is 0.600. The molecular weight excluding hydrogens is 224 g/mol. The van der Waals surface area contributed by atoms with Crippen molar-refractivity contribution in [3.05, 3.63) is 24.3 Å². The van der Waals surface area contributed by atoms with Crippen LogP contribution in [0.2, 0.25) is 0 Å². The van der Waals surface area contributed by atoms with Crippen LogP contribution in [0, 0.1) is 0 Å². The van der Waals surface area contributed by atoms with Crippen molar-refractivity contribution in [1.29, 1.82) is 0 Å². The van der Waals surface area contributed by atoms with Crippen LogP contribution in [0.5, 0.6) is 5.75 Å². The molecule has 0 atom stereocenters. The second-order valence-electron chi connectivity index (χ2n) is 5.28. The standard InChI is InChI=1S/C15H24N2O/c1-13(2)18-15-8-5-4-7-14(15)17-10-6-9-16(3)11-12-17/h4-5,7-8,13H,6,9-12H2,1-3H3. The van der Waals surface area contributed by atoms with Gasteiger partial charge in [0.2, 0.25) is 0 Å². The van der Waals surface area contributed by atoms with E-state index in [0.717, 1.165) is 25.4 Å². The molecule has 0 saturated carbocycles. The van der Waals surface area contributed by atoms with E-state index >= 15 is 0 Å². The van der Waals surface area contributed by atoms with Crippen molar-refractivity contribution in [3.8, 4) is 5.75 Å². The van der Waals surface area contributed by atoms with Crippen molar-refractivity contribution < 1.29 is 4.74 Å². The molecular formula is C15H24N2O. The second-order valence-corrected chi connectivity index (χ2v) is 5.28. The van der Waals surface area contributed by atoms with E-state index in [2.05, 4.69) is 48.9 Å². The first kappa shape index (κ1) is 13.2. The second kappa shape index (κ2) is 6.10. The van der Waals surface area contributed by atoms with Gasteiger partial charge in [0.25, 0.3) is 0 Å². The highest BCUT2D eigenvalue weighted by Gasteiger charge is 2.16. The number of hydrogen-bond acceptors (Lipinski definition) is 3. The normalized spacial score (nSPS) is 17.9. The number of ether oxygens (including phenoxy) is 1. The first-order valence-electron chi connectivity index (χ1n) is 6.86. The highest BCUT2D eigenvalue weighted by Crippen LogP contribution is 2.29. The molecule has 3 heteroatoms. The zero-order chi connectivity index (χ0) is 13.0. The molecule has 0 N–H and O–H groups in total. The molecule has 1 aromatic carbocycles. The third-order valence-electron chi connectivity index (χ3n) is 3.29. The van der Waals surface area contributed by atoms with Crippen LogP contribution in [0.25, 0.3) is 0 Å². The monoisotopic (exact) mass is 248 g/mol. The Bertz CT molecular complexity index is 379. The van der Waals surface area contributed by atoms with Gasteiger partial charge in [-0.3, -0.25) is 0 Å². The molecule has 2 rings (SSSR count). The zero-order valence-electron chi connectivity index (χ0n) is 11.7. The summed E-state index contributed by atoms with van der Waals surface area (Å²) in [4.78, 5) is 4.84. The lowest BCUT2D eigenvalue weighted by molar-refractivity contribution is 0.243. The summed E-state index contributed by atoms with van der Waals surface area (Å²) in [7, 11) is 2.19. The lowest BCUT2D eigenvalue weighted by atomic mass is 10.2. The topological polar surface area (TPSA) is 15.7 Å². The summed E-state index contributed by atoms with van der Waals surface area (Å²) in [6.45, 7) is 8.65. The van der Waals surface area contributed by atoms with Crippen LogP contribution in [0.3, 0.4) is 0 Å². The van der Waals surface area contributed by atoms with Gasteiger partial charge in [-0.15, -0.1) is 0 Å². The smallest absolute Gasteiger partial charge is 0.142 e. The average molecular weight is 248 g/mol. The quantitative estimate of drug-likeness (QED) is 0.818. The first-order chi connectivity index (χ1) is 8.66. The van der Waals surface area contributed by atoms with Gasteiger partial charge in [-0.1, -0.05) is 12.1 Å².